The van der Waals surface area contributed by atoms with E-state index in [0.717, 1.165) is 45.9 Å². The third kappa shape index (κ3) is 3.32. The summed E-state index contributed by atoms with van der Waals surface area (Å²) in [5, 5.41) is 4.46. The Bertz CT molecular complexity index is 874. The van der Waals surface area contributed by atoms with Gasteiger partial charge >= 0.3 is 0 Å². The molecule has 0 amide bonds. The van der Waals surface area contributed by atoms with Crippen LogP contribution in [0.2, 0.25) is 0 Å². The average Bonchev–Trinajstić information content (AvgIpc) is 2.64. The Morgan fingerprint density at radius 3 is 1.54 bits per heavy atom. The van der Waals surface area contributed by atoms with Gasteiger partial charge in [0.25, 0.3) is 0 Å². The lowest BCUT2D eigenvalue weighted by Gasteiger charge is -2.20. The number of aryl methyl sites for hydroxylation is 2. The van der Waals surface area contributed by atoms with E-state index in [9.17, 15) is 0 Å². The fourth-order valence-electron chi connectivity index (χ4n) is 3.37. The fraction of sp³-hybridized carbons (Fsp3) is 0.250. The Balaban J connectivity index is 2.33. The van der Waals surface area contributed by atoms with Gasteiger partial charge in [-0.15, -0.1) is 13.2 Å². The lowest BCUT2D eigenvalue weighted by Crippen LogP contribution is -2.02. The highest BCUT2D eigenvalue weighted by Gasteiger charge is 2.18. The molecule has 0 saturated carbocycles. The first-order valence-corrected chi connectivity index (χ1v) is 9.11. The monoisotopic (exact) mass is 346 g/mol. The Hall–Kier alpha value is -2.74. The van der Waals surface area contributed by atoms with Gasteiger partial charge in [0.2, 0.25) is 0 Å². The quantitative estimate of drug-likeness (QED) is 0.263. The van der Waals surface area contributed by atoms with E-state index in [4.69, 9.17) is 9.47 Å². The maximum atomic E-state index is 6.25. The van der Waals surface area contributed by atoms with Gasteiger partial charge in [-0.2, -0.15) is 0 Å². The fourth-order valence-corrected chi connectivity index (χ4v) is 3.37. The van der Waals surface area contributed by atoms with Gasteiger partial charge in [-0.3, -0.25) is 0 Å². The predicted molar refractivity (Wildman–Crippen MR) is 112 cm³/mol. The zero-order chi connectivity index (χ0) is 18.5. The van der Waals surface area contributed by atoms with Crippen molar-refractivity contribution in [1.29, 1.82) is 0 Å². The maximum Gasteiger partial charge on any atom is 0.135 e. The van der Waals surface area contributed by atoms with Gasteiger partial charge < -0.3 is 9.47 Å². The predicted octanol–water partition coefficient (Wildman–Crippen LogP) is 6.52. The highest BCUT2D eigenvalue weighted by Crippen LogP contribution is 2.45. The highest BCUT2D eigenvalue weighted by atomic mass is 16.5. The first-order chi connectivity index (χ1) is 12.7. The summed E-state index contributed by atoms with van der Waals surface area (Å²) >= 11 is 0. The Kier molecular flexibility index (Phi) is 5.62. The minimum absolute atomic E-state index is 0.618. The van der Waals surface area contributed by atoms with E-state index in [2.05, 4.69) is 63.4 Å². The summed E-state index contributed by atoms with van der Waals surface area (Å²) < 4.78 is 12.5. The lowest BCUT2D eigenvalue weighted by atomic mass is 9.95. The Morgan fingerprint density at radius 1 is 0.731 bits per heavy atom. The third-order valence-electron chi connectivity index (χ3n) is 4.63. The van der Waals surface area contributed by atoms with E-state index in [1.165, 1.54) is 11.1 Å². The smallest absolute Gasteiger partial charge is 0.135 e. The number of benzene rings is 3. The largest absolute Gasteiger partial charge is 0.492 e. The molecule has 2 heteroatoms. The Morgan fingerprint density at radius 2 is 1.15 bits per heavy atom. The number of hydrogen-bond donors (Lipinski definition) is 0. The molecule has 0 N–H and O–H groups in total. The molecule has 0 heterocycles. The number of fused-ring (bicyclic) bond motifs is 2. The summed E-state index contributed by atoms with van der Waals surface area (Å²) in [7, 11) is 0. The van der Waals surface area contributed by atoms with Crippen LogP contribution in [0, 0.1) is 13.8 Å². The minimum atomic E-state index is 0.618. The lowest BCUT2D eigenvalue weighted by molar-refractivity contribution is 0.327. The van der Waals surface area contributed by atoms with Crippen molar-refractivity contribution in [3.63, 3.8) is 0 Å². The molecule has 2 nitrogen and oxygen atoms in total. The second-order valence-electron chi connectivity index (χ2n) is 6.50. The van der Waals surface area contributed by atoms with Crippen LogP contribution in [-0.4, -0.2) is 13.2 Å². The van der Waals surface area contributed by atoms with Gasteiger partial charge in [-0.05, 0) is 37.8 Å². The van der Waals surface area contributed by atoms with Gasteiger partial charge in [0.05, 0.1) is 13.2 Å². The molecule has 0 bridgehead atoms. The average molecular weight is 346 g/mol. The number of hydrogen-bond acceptors (Lipinski definition) is 2. The molecule has 0 unspecified atom stereocenters. The molecular weight excluding hydrogens is 320 g/mol. The Labute approximate surface area is 155 Å². The molecule has 0 aliphatic carbocycles. The summed E-state index contributed by atoms with van der Waals surface area (Å²) in [4.78, 5) is 0. The maximum absolute atomic E-state index is 6.25. The summed E-state index contributed by atoms with van der Waals surface area (Å²) in [6.07, 6.45) is 5.40. The number of ether oxygens (including phenoxy) is 2. The molecular formula is C24H26O2. The second kappa shape index (κ2) is 8.09. The van der Waals surface area contributed by atoms with Crippen molar-refractivity contribution in [3.8, 4) is 11.5 Å². The van der Waals surface area contributed by atoms with Crippen LogP contribution in [0.25, 0.3) is 21.5 Å². The third-order valence-corrected chi connectivity index (χ3v) is 4.63. The van der Waals surface area contributed by atoms with E-state index in [1.807, 2.05) is 12.2 Å². The van der Waals surface area contributed by atoms with Gasteiger partial charge in [0, 0.05) is 21.5 Å². The molecule has 3 aromatic carbocycles. The topological polar surface area (TPSA) is 18.5 Å². The summed E-state index contributed by atoms with van der Waals surface area (Å²) in [5.74, 6) is 1.88. The molecule has 0 fully saturated rings. The van der Waals surface area contributed by atoms with Gasteiger partial charge in [0.1, 0.15) is 11.5 Å². The molecule has 3 aromatic rings. The molecule has 26 heavy (non-hydrogen) atoms. The van der Waals surface area contributed by atoms with Crippen LogP contribution >= 0.6 is 0 Å². The van der Waals surface area contributed by atoms with Crippen molar-refractivity contribution in [2.24, 2.45) is 0 Å². The van der Waals surface area contributed by atoms with Crippen LogP contribution in [0.4, 0.5) is 0 Å². The van der Waals surface area contributed by atoms with Crippen molar-refractivity contribution in [2.45, 2.75) is 26.7 Å². The van der Waals surface area contributed by atoms with Crippen molar-refractivity contribution in [1.82, 2.24) is 0 Å². The summed E-state index contributed by atoms with van der Waals surface area (Å²) in [6, 6.07) is 12.6. The van der Waals surface area contributed by atoms with Crippen LogP contribution in [0.15, 0.2) is 61.7 Å². The molecule has 0 atom stereocenters. The van der Waals surface area contributed by atoms with E-state index in [1.54, 1.807) is 0 Å². The van der Waals surface area contributed by atoms with Crippen molar-refractivity contribution in [3.05, 3.63) is 72.8 Å². The van der Waals surface area contributed by atoms with E-state index < -0.39 is 0 Å². The SMILES string of the molecule is C=CCCOc1c2cccc(C)c2c(OCCC=C)c2cccc(C)c12. The normalized spacial score (nSPS) is 10.8. The van der Waals surface area contributed by atoms with Gasteiger partial charge in [-0.1, -0.05) is 48.6 Å². The van der Waals surface area contributed by atoms with E-state index in [-0.39, 0.29) is 0 Å². The van der Waals surface area contributed by atoms with Crippen LogP contribution in [-0.2, 0) is 0 Å². The molecule has 0 aliphatic heterocycles. The van der Waals surface area contributed by atoms with Crippen molar-refractivity contribution < 1.29 is 9.47 Å². The molecule has 0 aromatic heterocycles. The molecule has 134 valence electrons. The van der Waals surface area contributed by atoms with Gasteiger partial charge in [0.15, 0.2) is 0 Å². The molecule has 3 rings (SSSR count). The highest BCUT2D eigenvalue weighted by molar-refractivity contribution is 6.13. The second-order valence-corrected chi connectivity index (χ2v) is 6.50. The van der Waals surface area contributed by atoms with Crippen molar-refractivity contribution >= 4 is 21.5 Å². The molecule has 0 saturated heterocycles. The zero-order valence-electron chi connectivity index (χ0n) is 15.7. The number of rotatable bonds is 8. The van der Waals surface area contributed by atoms with Crippen LogP contribution in [0.5, 0.6) is 11.5 Å². The van der Waals surface area contributed by atoms with Crippen LogP contribution < -0.4 is 9.47 Å². The van der Waals surface area contributed by atoms with Crippen LogP contribution in [0.1, 0.15) is 24.0 Å². The van der Waals surface area contributed by atoms with Crippen LogP contribution in [0.3, 0.4) is 0 Å². The summed E-state index contributed by atoms with van der Waals surface area (Å²) in [6.45, 7) is 13.1. The van der Waals surface area contributed by atoms with E-state index in [0.29, 0.717) is 13.2 Å². The molecule has 0 aliphatic rings. The molecule has 0 spiro atoms. The van der Waals surface area contributed by atoms with Gasteiger partial charge in [-0.25, -0.2) is 0 Å². The zero-order valence-corrected chi connectivity index (χ0v) is 15.7. The standard InChI is InChI=1S/C24H26O2/c1-5-7-15-25-23-19-13-9-12-18(4)22(19)24(26-16-8-6-2)20-14-10-11-17(3)21(20)23/h5-6,9-14H,1-2,7-8,15-16H2,3-4H3. The van der Waals surface area contributed by atoms with E-state index >= 15 is 0 Å². The first-order valence-electron chi connectivity index (χ1n) is 9.11. The summed E-state index contributed by atoms with van der Waals surface area (Å²) in [5.41, 5.74) is 2.38. The van der Waals surface area contributed by atoms with Crippen molar-refractivity contribution in [2.75, 3.05) is 13.2 Å². The minimum Gasteiger partial charge on any atom is -0.492 e. The first kappa shape index (κ1) is 18.1. The molecule has 0 radical (unpaired) electrons.